The summed E-state index contributed by atoms with van der Waals surface area (Å²) in [5.74, 6) is -3.91. The van der Waals surface area contributed by atoms with Crippen molar-refractivity contribution in [1.82, 2.24) is 36.5 Å². The molecule has 1 aliphatic heterocycles. The van der Waals surface area contributed by atoms with Crippen LogP contribution in [0.5, 0.6) is 0 Å². The number of aromatic nitrogens is 1. The molecule has 2 aromatic carbocycles. The van der Waals surface area contributed by atoms with Crippen molar-refractivity contribution in [3.63, 3.8) is 0 Å². The Morgan fingerprint density at radius 1 is 0.911 bits per heavy atom. The lowest BCUT2D eigenvalue weighted by Crippen LogP contribution is -2.60. The van der Waals surface area contributed by atoms with E-state index in [-0.39, 0.29) is 51.1 Å². The summed E-state index contributed by atoms with van der Waals surface area (Å²) in [6, 6.07) is 9.75. The first kappa shape index (κ1) is 43.6. The lowest BCUT2D eigenvalue weighted by molar-refractivity contribution is -0.145. The normalized spacial score (nSPS) is 15.9. The van der Waals surface area contributed by atoms with E-state index in [1.807, 2.05) is 55.5 Å². The number of H-pyrrole nitrogens is 1. The summed E-state index contributed by atoms with van der Waals surface area (Å²) in [6.07, 6.45) is 4.37. The number of piperidine rings is 1. The van der Waals surface area contributed by atoms with Crippen molar-refractivity contribution in [2.75, 3.05) is 31.0 Å². The van der Waals surface area contributed by atoms with E-state index in [9.17, 15) is 37.2 Å². The van der Waals surface area contributed by atoms with E-state index in [2.05, 4.69) is 31.6 Å². The molecule has 4 atom stereocenters. The lowest BCUT2D eigenvalue weighted by atomic mass is 9.98. The first-order valence-electron chi connectivity index (χ1n) is 18.5. The minimum absolute atomic E-state index is 0.0198. The van der Waals surface area contributed by atoms with Crippen molar-refractivity contribution >= 4 is 67.9 Å². The van der Waals surface area contributed by atoms with Crippen molar-refractivity contribution < 1.29 is 37.2 Å². The molecule has 0 spiro atoms. The van der Waals surface area contributed by atoms with Crippen LogP contribution in [-0.2, 0) is 46.8 Å². The Labute approximate surface area is 331 Å². The van der Waals surface area contributed by atoms with E-state index < -0.39 is 75.5 Å². The highest BCUT2D eigenvalue weighted by Crippen LogP contribution is 2.22. The zero-order chi connectivity index (χ0) is 40.8. The number of halogens is 1. The summed E-state index contributed by atoms with van der Waals surface area (Å²) in [4.78, 5) is 83.9. The minimum Gasteiger partial charge on any atom is -0.361 e. The van der Waals surface area contributed by atoms with Gasteiger partial charge >= 0.3 is 6.03 Å². The van der Waals surface area contributed by atoms with Crippen LogP contribution in [0, 0.1) is 6.92 Å². The fraction of sp³-hybridized carbons (Fsp3) is 0.474. The van der Waals surface area contributed by atoms with Gasteiger partial charge in [-0.3, -0.25) is 24.0 Å². The molecule has 0 saturated carbocycles. The molecule has 8 N–H and O–H groups in total. The van der Waals surface area contributed by atoms with E-state index in [1.54, 1.807) is 6.20 Å². The summed E-state index contributed by atoms with van der Waals surface area (Å²) in [5, 5.41) is 14.3. The molecular weight excluding hydrogens is 764 g/mol. The molecule has 0 bridgehead atoms. The van der Waals surface area contributed by atoms with Crippen LogP contribution in [0.4, 0.5) is 4.79 Å². The Balaban J connectivity index is 1.59. The molecule has 56 heavy (non-hydrogen) atoms. The van der Waals surface area contributed by atoms with E-state index in [1.165, 1.54) is 4.90 Å². The number of likely N-dealkylation sites (tertiary alicyclic amines) is 1. The summed E-state index contributed by atoms with van der Waals surface area (Å²) < 4.78 is 24.0. The van der Waals surface area contributed by atoms with Gasteiger partial charge in [0, 0.05) is 49.4 Å². The van der Waals surface area contributed by atoms with Crippen molar-refractivity contribution in [2.45, 2.75) is 82.6 Å². The molecule has 2 heterocycles. The van der Waals surface area contributed by atoms with Crippen LogP contribution in [0.1, 0.15) is 55.2 Å². The average Bonchev–Trinajstić information content (AvgIpc) is 3.58. The fourth-order valence-electron chi connectivity index (χ4n) is 6.57. The van der Waals surface area contributed by atoms with Crippen LogP contribution >= 0.6 is 11.6 Å². The number of fused-ring (bicyclic) bond motifs is 1. The maximum absolute atomic E-state index is 14.2. The average molecular weight is 815 g/mol. The van der Waals surface area contributed by atoms with Crippen LogP contribution in [0.25, 0.3) is 10.9 Å². The van der Waals surface area contributed by atoms with Crippen LogP contribution < -0.4 is 32.3 Å². The molecule has 1 aliphatic rings. The first-order chi connectivity index (χ1) is 26.6. The Bertz CT molecular complexity index is 1970. The molecule has 1 aromatic heterocycles. The van der Waals surface area contributed by atoms with Gasteiger partial charge in [-0.1, -0.05) is 48.0 Å². The highest BCUT2D eigenvalue weighted by Gasteiger charge is 2.38. The van der Waals surface area contributed by atoms with Gasteiger partial charge in [0.1, 0.15) is 39.9 Å². The molecule has 3 aromatic rings. The number of primary amides is 1. The maximum atomic E-state index is 14.2. The SMILES string of the molecule is Cc1ccc(CNC(=O)[C@H](CCCNC(N)=O)NC(=O)[C@H](Cc2c[nH]c3ccccc23)NC(=O)[C@@H]2CCCCN2C(=O)[C@H](CCS(C)(=O)=O)NC(=O)CCl)cc1. The van der Waals surface area contributed by atoms with Crippen molar-refractivity contribution in [3.8, 4) is 0 Å². The lowest BCUT2D eigenvalue weighted by Gasteiger charge is -2.37. The number of nitrogens with zero attached hydrogens (tertiary/aromatic N) is 1. The summed E-state index contributed by atoms with van der Waals surface area (Å²) in [6.45, 7) is 2.46. The van der Waals surface area contributed by atoms with Gasteiger partial charge in [-0.15, -0.1) is 11.6 Å². The Kier molecular flexibility index (Phi) is 16.1. The van der Waals surface area contributed by atoms with E-state index in [0.29, 0.717) is 24.8 Å². The van der Waals surface area contributed by atoms with Gasteiger partial charge < -0.3 is 42.2 Å². The minimum atomic E-state index is -3.50. The highest BCUT2D eigenvalue weighted by atomic mass is 35.5. The molecule has 7 amide bonds. The van der Waals surface area contributed by atoms with Crippen LogP contribution in [0.3, 0.4) is 0 Å². The van der Waals surface area contributed by atoms with E-state index in [0.717, 1.165) is 28.3 Å². The molecule has 0 aliphatic carbocycles. The van der Waals surface area contributed by atoms with Gasteiger partial charge in [0.2, 0.25) is 29.5 Å². The number of nitrogens with two attached hydrogens (primary N) is 1. The maximum Gasteiger partial charge on any atom is 0.312 e. The molecule has 18 heteroatoms. The molecule has 1 saturated heterocycles. The number of alkyl halides is 1. The van der Waals surface area contributed by atoms with Gasteiger partial charge in [-0.2, -0.15) is 0 Å². The molecule has 0 radical (unpaired) electrons. The number of hydrogen-bond donors (Lipinski definition) is 7. The number of hydrogen-bond acceptors (Lipinski definition) is 8. The van der Waals surface area contributed by atoms with Crippen molar-refractivity contribution in [2.24, 2.45) is 5.73 Å². The molecule has 4 rings (SSSR count). The van der Waals surface area contributed by atoms with Gasteiger partial charge in [0.05, 0.1) is 5.75 Å². The first-order valence-corrected chi connectivity index (χ1v) is 21.1. The third kappa shape index (κ3) is 13.3. The number of para-hydroxylation sites is 1. The number of sulfone groups is 1. The zero-order valence-electron chi connectivity index (χ0n) is 31.6. The van der Waals surface area contributed by atoms with Gasteiger partial charge in [-0.25, -0.2) is 13.2 Å². The quantitative estimate of drug-likeness (QED) is 0.0686. The van der Waals surface area contributed by atoms with Crippen LogP contribution in [0.2, 0.25) is 0 Å². The standard InChI is InChI=1S/C38H51ClN8O8S/c1-24-12-14-25(15-13-24)22-43-34(49)29(10-7-17-41-38(40)53)45-35(50)31(20-26-23-42-28-9-4-3-8-27(26)28)46-36(51)32-11-5-6-18-47(32)37(52)30(44-33(48)21-39)16-19-56(2,54)55/h3-4,8-9,12-15,23,29-32,42H,5-7,10-11,16-22H2,1-2H3,(H,43,49)(H,44,48)(H,45,50)(H,46,51)(H3,40,41,53)/t29-,30-,31-,32-/m0/s1. The summed E-state index contributed by atoms with van der Waals surface area (Å²) >= 11 is 5.69. The number of rotatable bonds is 19. The van der Waals surface area contributed by atoms with Gasteiger partial charge in [0.15, 0.2) is 0 Å². The van der Waals surface area contributed by atoms with Crippen molar-refractivity contribution in [3.05, 3.63) is 71.4 Å². The number of nitrogens with one attached hydrogen (secondary N) is 6. The van der Waals surface area contributed by atoms with Gasteiger partial charge in [0.25, 0.3) is 0 Å². The number of carbonyl (C=O) groups excluding carboxylic acids is 6. The predicted molar refractivity (Wildman–Crippen MR) is 212 cm³/mol. The second kappa shape index (κ2) is 20.7. The summed E-state index contributed by atoms with van der Waals surface area (Å²) in [5.41, 5.74) is 8.65. The number of aromatic amines is 1. The zero-order valence-corrected chi connectivity index (χ0v) is 33.1. The third-order valence-electron chi connectivity index (χ3n) is 9.54. The molecule has 304 valence electrons. The molecule has 16 nitrogen and oxygen atoms in total. The van der Waals surface area contributed by atoms with Crippen LogP contribution in [0.15, 0.2) is 54.7 Å². The molecule has 0 unspecified atom stereocenters. The fourth-order valence-corrected chi connectivity index (χ4v) is 7.31. The number of urea groups is 1. The number of benzene rings is 2. The monoisotopic (exact) mass is 814 g/mol. The number of amides is 7. The topological polar surface area (TPSA) is 242 Å². The summed E-state index contributed by atoms with van der Waals surface area (Å²) in [7, 11) is -3.50. The van der Waals surface area contributed by atoms with Crippen molar-refractivity contribution in [1.29, 1.82) is 0 Å². The Hall–Kier alpha value is -5.16. The Morgan fingerprint density at radius 2 is 1.64 bits per heavy atom. The van der Waals surface area contributed by atoms with E-state index >= 15 is 0 Å². The van der Waals surface area contributed by atoms with E-state index in [4.69, 9.17) is 17.3 Å². The predicted octanol–water partition coefficient (Wildman–Crippen LogP) is 1.29. The number of carbonyl (C=O) groups is 6. The highest BCUT2D eigenvalue weighted by molar-refractivity contribution is 7.90. The van der Waals surface area contributed by atoms with Crippen LogP contribution in [-0.4, -0.2) is 109 Å². The smallest absolute Gasteiger partial charge is 0.312 e. The second-order valence-corrected chi connectivity index (χ2v) is 16.6. The second-order valence-electron chi connectivity index (χ2n) is 14.0. The third-order valence-corrected chi connectivity index (χ3v) is 10.8. The van der Waals surface area contributed by atoms with Gasteiger partial charge in [-0.05, 0) is 62.6 Å². The Morgan fingerprint density at radius 3 is 2.34 bits per heavy atom. The number of aryl methyl sites for hydroxylation is 1. The molecule has 1 fully saturated rings. The molecular formula is C38H51ClN8O8S. The largest absolute Gasteiger partial charge is 0.361 e.